The maximum atomic E-state index is 11.3. The normalized spacial score (nSPS) is 20.6. The number of para-hydroxylation sites is 1. The predicted molar refractivity (Wildman–Crippen MR) is 65.3 cm³/mol. The van der Waals surface area contributed by atoms with Crippen molar-refractivity contribution in [2.75, 3.05) is 18.4 Å². The van der Waals surface area contributed by atoms with E-state index < -0.39 is 0 Å². The van der Waals surface area contributed by atoms with Gasteiger partial charge in [-0.2, -0.15) is 0 Å². The summed E-state index contributed by atoms with van der Waals surface area (Å²) in [6.07, 6.45) is 2.22. The topological polar surface area (TPSA) is 32.3 Å². The second-order valence-electron chi connectivity index (χ2n) is 4.31. The molecule has 1 N–H and O–H groups in total. The van der Waals surface area contributed by atoms with Crippen molar-refractivity contribution in [3.05, 3.63) is 30.3 Å². The first-order valence-corrected chi connectivity index (χ1v) is 5.83. The average molecular weight is 218 g/mol. The Labute approximate surface area is 96.5 Å². The summed E-state index contributed by atoms with van der Waals surface area (Å²) in [4.78, 5) is 13.2. The molecule has 1 aliphatic rings. The fraction of sp³-hybridized carbons (Fsp3) is 0.462. The zero-order chi connectivity index (χ0) is 11.4. The molecule has 1 fully saturated rings. The number of nitrogens with one attached hydrogen (secondary N) is 1. The zero-order valence-electron chi connectivity index (χ0n) is 9.65. The van der Waals surface area contributed by atoms with Crippen LogP contribution in [0.3, 0.4) is 0 Å². The van der Waals surface area contributed by atoms with E-state index in [-0.39, 0.29) is 5.91 Å². The van der Waals surface area contributed by atoms with Gasteiger partial charge in [0.25, 0.3) is 0 Å². The molecule has 16 heavy (non-hydrogen) atoms. The van der Waals surface area contributed by atoms with E-state index >= 15 is 0 Å². The van der Waals surface area contributed by atoms with E-state index in [1.165, 1.54) is 0 Å². The molecule has 1 saturated heterocycles. The molecule has 1 aromatic rings. The molecule has 1 heterocycles. The van der Waals surface area contributed by atoms with Gasteiger partial charge in [0.15, 0.2) is 0 Å². The van der Waals surface area contributed by atoms with E-state index in [4.69, 9.17) is 0 Å². The first-order chi connectivity index (χ1) is 7.75. The van der Waals surface area contributed by atoms with Crippen LogP contribution in [0.15, 0.2) is 30.3 Å². The van der Waals surface area contributed by atoms with Crippen molar-refractivity contribution in [3.8, 4) is 0 Å². The van der Waals surface area contributed by atoms with Crippen molar-refractivity contribution < 1.29 is 4.79 Å². The molecule has 1 aromatic carbocycles. The maximum Gasteiger partial charge on any atom is 0.219 e. The lowest BCUT2D eigenvalue weighted by atomic mass is 10.1. The predicted octanol–water partition coefficient (Wildman–Crippen LogP) is 2.11. The Balaban J connectivity index is 1.93. The Kier molecular flexibility index (Phi) is 3.44. The van der Waals surface area contributed by atoms with Crippen molar-refractivity contribution in [2.45, 2.75) is 25.8 Å². The van der Waals surface area contributed by atoms with E-state index in [1.54, 1.807) is 6.92 Å². The van der Waals surface area contributed by atoms with Gasteiger partial charge in [0.1, 0.15) is 0 Å². The lowest BCUT2D eigenvalue weighted by Crippen LogP contribution is -2.44. The molecule has 0 radical (unpaired) electrons. The van der Waals surface area contributed by atoms with Gasteiger partial charge < -0.3 is 10.2 Å². The van der Waals surface area contributed by atoms with Gasteiger partial charge in [-0.3, -0.25) is 4.79 Å². The Morgan fingerprint density at radius 2 is 2.12 bits per heavy atom. The number of carbonyl (C=O) groups excluding carboxylic acids is 1. The molecule has 0 saturated carbocycles. The van der Waals surface area contributed by atoms with E-state index in [0.717, 1.165) is 31.6 Å². The van der Waals surface area contributed by atoms with Crippen LogP contribution in [0, 0.1) is 0 Å². The molecule has 86 valence electrons. The Hall–Kier alpha value is -1.51. The number of carbonyl (C=O) groups is 1. The summed E-state index contributed by atoms with van der Waals surface area (Å²) < 4.78 is 0. The van der Waals surface area contributed by atoms with Gasteiger partial charge in [-0.05, 0) is 25.0 Å². The van der Waals surface area contributed by atoms with Crippen LogP contribution >= 0.6 is 0 Å². The number of anilines is 1. The highest BCUT2D eigenvalue weighted by Crippen LogP contribution is 2.15. The number of benzene rings is 1. The summed E-state index contributed by atoms with van der Waals surface area (Å²) in [5.41, 5.74) is 1.14. The van der Waals surface area contributed by atoms with Gasteiger partial charge in [-0.15, -0.1) is 0 Å². The van der Waals surface area contributed by atoms with Crippen LogP contribution in [-0.2, 0) is 4.79 Å². The monoisotopic (exact) mass is 218 g/mol. The van der Waals surface area contributed by atoms with Crippen LogP contribution in [0.1, 0.15) is 19.8 Å². The first-order valence-electron chi connectivity index (χ1n) is 5.83. The van der Waals surface area contributed by atoms with Gasteiger partial charge in [0, 0.05) is 31.7 Å². The molecule has 1 aliphatic heterocycles. The number of likely N-dealkylation sites (tertiary alicyclic amines) is 1. The third-order valence-electron chi connectivity index (χ3n) is 3.01. The highest BCUT2D eigenvalue weighted by Gasteiger charge is 2.20. The second kappa shape index (κ2) is 5.01. The minimum Gasteiger partial charge on any atom is -0.381 e. The van der Waals surface area contributed by atoms with Crippen LogP contribution in [0.2, 0.25) is 0 Å². The van der Waals surface area contributed by atoms with Gasteiger partial charge in [0.05, 0.1) is 0 Å². The SMILES string of the molecule is CC(=O)N1CCC[C@H](Nc2ccccc2)C1. The van der Waals surface area contributed by atoms with E-state index in [0.29, 0.717) is 6.04 Å². The fourth-order valence-electron chi connectivity index (χ4n) is 2.15. The van der Waals surface area contributed by atoms with Crippen molar-refractivity contribution >= 4 is 11.6 Å². The Morgan fingerprint density at radius 3 is 2.81 bits per heavy atom. The summed E-state index contributed by atoms with van der Waals surface area (Å²) in [6, 6.07) is 10.6. The van der Waals surface area contributed by atoms with Crippen molar-refractivity contribution in [1.82, 2.24) is 4.90 Å². The third-order valence-corrected chi connectivity index (χ3v) is 3.01. The number of piperidine rings is 1. The molecule has 0 aliphatic carbocycles. The van der Waals surface area contributed by atoms with Crippen LogP contribution in [0.25, 0.3) is 0 Å². The summed E-state index contributed by atoms with van der Waals surface area (Å²) in [7, 11) is 0. The summed E-state index contributed by atoms with van der Waals surface area (Å²) in [5.74, 6) is 0.180. The maximum absolute atomic E-state index is 11.3. The van der Waals surface area contributed by atoms with Crippen LogP contribution in [-0.4, -0.2) is 29.9 Å². The number of rotatable bonds is 2. The average Bonchev–Trinajstić information content (AvgIpc) is 2.30. The number of amides is 1. The standard InChI is InChI=1S/C13H18N2O/c1-11(16)15-9-5-8-13(10-15)14-12-6-3-2-4-7-12/h2-4,6-7,13-14H,5,8-10H2,1H3/t13-/m0/s1. The number of nitrogens with zero attached hydrogens (tertiary/aromatic N) is 1. The van der Waals surface area contributed by atoms with Crippen molar-refractivity contribution in [1.29, 1.82) is 0 Å². The Bertz CT molecular complexity index is 350. The van der Waals surface area contributed by atoms with Crippen LogP contribution in [0.4, 0.5) is 5.69 Å². The third kappa shape index (κ3) is 2.75. The molecule has 0 spiro atoms. The molecule has 1 atom stereocenters. The molecule has 1 amide bonds. The van der Waals surface area contributed by atoms with Crippen molar-refractivity contribution in [3.63, 3.8) is 0 Å². The smallest absolute Gasteiger partial charge is 0.219 e. The molecule has 0 unspecified atom stereocenters. The molecule has 3 nitrogen and oxygen atoms in total. The minimum absolute atomic E-state index is 0.180. The quantitative estimate of drug-likeness (QED) is 0.824. The number of hydrogen-bond donors (Lipinski definition) is 1. The van der Waals surface area contributed by atoms with Crippen LogP contribution in [0.5, 0.6) is 0 Å². The van der Waals surface area contributed by atoms with Gasteiger partial charge in [-0.1, -0.05) is 18.2 Å². The molecule has 0 bridgehead atoms. The fourth-order valence-corrected chi connectivity index (χ4v) is 2.15. The highest BCUT2D eigenvalue weighted by atomic mass is 16.2. The lowest BCUT2D eigenvalue weighted by Gasteiger charge is -2.33. The summed E-state index contributed by atoms with van der Waals surface area (Å²) >= 11 is 0. The van der Waals surface area contributed by atoms with E-state index in [2.05, 4.69) is 17.4 Å². The molecule has 0 aromatic heterocycles. The van der Waals surface area contributed by atoms with Gasteiger partial charge >= 0.3 is 0 Å². The van der Waals surface area contributed by atoms with E-state index in [9.17, 15) is 4.79 Å². The van der Waals surface area contributed by atoms with Crippen molar-refractivity contribution in [2.24, 2.45) is 0 Å². The molecular weight excluding hydrogens is 200 g/mol. The van der Waals surface area contributed by atoms with E-state index in [1.807, 2.05) is 23.1 Å². The van der Waals surface area contributed by atoms with Gasteiger partial charge in [0.2, 0.25) is 5.91 Å². The van der Waals surface area contributed by atoms with Gasteiger partial charge in [-0.25, -0.2) is 0 Å². The lowest BCUT2D eigenvalue weighted by molar-refractivity contribution is -0.129. The summed E-state index contributed by atoms with van der Waals surface area (Å²) in [5, 5.41) is 3.47. The largest absolute Gasteiger partial charge is 0.381 e. The second-order valence-corrected chi connectivity index (χ2v) is 4.31. The highest BCUT2D eigenvalue weighted by molar-refractivity contribution is 5.73. The first kappa shape index (κ1) is 11.0. The van der Waals surface area contributed by atoms with Crippen LogP contribution < -0.4 is 5.32 Å². The molecular formula is C13H18N2O. The summed E-state index contributed by atoms with van der Waals surface area (Å²) in [6.45, 7) is 3.37. The molecule has 3 heteroatoms. The zero-order valence-corrected chi connectivity index (χ0v) is 9.65. The number of hydrogen-bond acceptors (Lipinski definition) is 2. The molecule has 2 rings (SSSR count). The minimum atomic E-state index is 0.180. The Morgan fingerprint density at radius 1 is 1.38 bits per heavy atom.